The summed E-state index contributed by atoms with van der Waals surface area (Å²) in [6.07, 6.45) is -0.761. The van der Waals surface area contributed by atoms with Crippen molar-refractivity contribution in [1.82, 2.24) is 4.90 Å². The van der Waals surface area contributed by atoms with Crippen molar-refractivity contribution >= 4 is 17.5 Å². The van der Waals surface area contributed by atoms with Crippen molar-refractivity contribution in [1.29, 1.82) is 0 Å². The molecule has 1 saturated heterocycles. The molecule has 0 unspecified atom stereocenters. The highest BCUT2D eigenvalue weighted by Gasteiger charge is 2.36. The lowest BCUT2D eigenvalue weighted by atomic mass is 10.1. The Morgan fingerprint density at radius 2 is 1.48 bits per heavy atom. The van der Waals surface area contributed by atoms with Crippen molar-refractivity contribution in [2.75, 3.05) is 37.7 Å². The van der Waals surface area contributed by atoms with Gasteiger partial charge in [-0.15, -0.1) is 0 Å². The zero-order valence-corrected chi connectivity index (χ0v) is 18.1. The standard InChI is InChI=1S/C26H24N2O5/c29-25(19-10-12-21(13-11-19)32-20-6-2-1-3-7-20)28-18-24(26(30)27-14-16-31-17-15-27)33-23-9-5-4-8-22(23)28/h1-13,24H,14-18H2/t24-/m1/s1. The number of carbonyl (C=O) groups is 2. The van der Waals surface area contributed by atoms with Crippen LogP contribution in [0.15, 0.2) is 78.9 Å². The molecule has 1 fully saturated rings. The predicted octanol–water partition coefficient (Wildman–Crippen LogP) is 3.75. The minimum Gasteiger partial charge on any atom is -0.476 e. The molecular weight excluding hydrogens is 420 g/mol. The number of nitrogens with zero attached hydrogens (tertiary/aromatic N) is 2. The Morgan fingerprint density at radius 1 is 0.818 bits per heavy atom. The molecule has 3 aromatic rings. The molecule has 33 heavy (non-hydrogen) atoms. The summed E-state index contributed by atoms with van der Waals surface area (Å²) in [4.78, 5) is 29.9. The van der Waals surface area contributed by atoms with Gasteiger partial charge in [-0.05, 0) is 48.5 Å². The van der Waals surface area contributed by atoms with Crippen LogP contribution in [0.1, 0.15) is 10.4 Å². The number of benzene rings is 3. The number of fused-ring (bicyclic) bond motifs is 1. The van der Waals surface area contributed by atoms with E-state index in [0.717, 1.165) is 5.75 Å². The molecule has 3 aromatic carbocycles. The van der Waals surface area contributed by atoms with Crippen molar-refractivity contribution in [3.63, 3.8) is 0 Å². The third-order valence-electron chi connectivity index (χ3n) is 5.70. The van der Waals surface area contributed by atoms with Gasteiger partial charge >= 0.3 is 0 Å². The topological polar surface area (TPSA) is 68.3 Å². The summed E-state index contributed by atoms with van der Waals surface area (Å²) in [6, 6.07) is 23.8. The van der Waals surface area contributed by atoms with E-state index in [9.17, 15) is 9.59 Å². The quantitative estimate of drug-likeness (QED) is 0.613. The van der Waals surface area contributed by atoms with Gasteiger partial charge in [0.1, 0.15) is 17.2 Å². The fourth-order valence-electron chi connectivity index (χ4n) is 3.99. The second-order valence-corrected chi connectivity index (χ2v) is 7.87. The van der Waals surface area contributed by atoms with Crippen LogP contribution in [0.25, 0.3) is 0 Å². The zero-order chi connectivity index (χ0) is 22.6. The molecule has 2 aliphatic heterocycles. The lowest BCUT2D eigenvalue weighted by Crippen LogP contribution is -2.54. The van der Waals surface area contributed by atoms with Gasteiger partial charge < -0.3 is 24.0 Å². The highest BCUT2D eigenvalue weighted by molar-refractivity contribution is 6.08. The van der Waals surface area contributed by atoms with Crippen LogP contribution in [0.2, 0.25) is 0 Å². The summed E-state index contributed by atoms with van der Waals surface area (Å²) in [5, 5.41) is 0. The largest absolute Gasteiger partial charge is 0.476 e. The van der Waals surface area contributed by atoms with Crippen LogP contribution in [0.4, 0.5) is 5.69 Å². The summed E-state index contributed by atoms with van der Waals surface area (Å²) in [6.45, 7) is 2.22. The maximum absolute atomic E-state index is 13.5. The first kappa shape index (κ1) is 21.0. The minimum absolute atomic E-state index is 0.128. The molecule has 2 heterocycles. The molecule has 168 valence electrons. The molecular formula is C26H24N2O5. The van der Waals surface area contributed by atoms with Gasteiger partial charge in [-0.25, -0.2) is 0 Å². The first-order chi connectivity index (χ1) is 16.2. The number of hydrogen-bond acceptors (Lipinski definition) is 5. The van der Waals surface area contributed by atoms with E-state index < -0.39 is 6.10 Å². The third kappa shape index (κ3) is 4.54. The van der Waals surface area contributed by atoms with Gasteiger partial charge in [0.15, 0.2) is 6.10 Å². The molecule has 2 aliphatic rings. The molecule has 7 nitrogen and oxygen atoms in total. The highest BCUT2D eigenvalue weighted by Crippen LogP contribution is 2.35. The maximum Gasteiger partial charge on any atom is 0.265 e. The van der Waals surface area contributed by atoms with Crippen LogP contribution in [-0.4, -0.2) is 55.7 Å². The van der Waals surface area contributed by atoms with Gasteiger partial charge in [0, 0.05) is 18.7 Å². The number of hydrogen-bond donors (Lipinski definition) is 0. The summed E-state index contributed by atoms with van der Waals surface area (Å²) >= 11 is 0. The molecule has 0 aromatic heterocycles. The van der Waals surface area contributed by atoms with Crippen LogP contribution in [0.5, 0.6) is 17.2 Å². The van der Waals surface area contributed by atoms with Crippen LogP contribution in [0.3, 0.4) is 0 Å². The normalized spacial score (nSPS) is 17.6. The number of anilines is 1. The molecule has 0 aliphatic carbocycles. The average Bonchev–Trinajstić information content (AvgIpc) is 2.89. The average molecular weight is 444 g/mol. The van der Waals surface area contributed by atoms with Gasteiger partial charge in [-0.2, -0.15) is 0 Å². The second kappa shape index (κ2) is 9.34. The van der Waals surface area contributed by atoms with Gasteiger partial charge in [-0.1, -0.05) is 30.3 Å². The van der Waals surface area contributed by atoms with Crippen LogP contribution in [-0.2, 0) is 9.53 Å². The Kier molecular flexibility index (Phi) is 5.95. The summed E-state index contributed by atoms with van der Waals surface area (Å²) in [5.41, 5.74) is 1.16. The van der Waals surface area contributed by atoms with Gasteiger partial charge in [0.05, 0.1) is 25.4 Å². The zero-order valence-electron chi connectivity index (χ0n) is 18.1. The Balaban J connectivity index is 1.36. The molecule has 0 spiro atoms. The van der Waals surface area contributed by atoms with E-state index in [1.165, 1.54) is 0 Å². The van der Waals surface area contributed by atoms with E-state index in [0.29, 0.717) is 49.1 Å². The second-order valence-electron chi connectivity index (χ2n) is 7.87. The number of carbonyl (C=O) groups excluding carboxylic acids is 2. The highest BCUT2D eigenvalue weighted by atomic mass is 16.5. The Morgan fingerprint density at radius 3 is 2.24 bits per heavy atom. The van der Waals surface area contributed by atoms with Crippen molar-refractivity contribution in [3.8, 4) is 17.2 Å². The molecule has 0 bridgehead atoms. The van der Waals surface area contributed by atoms with Crippen molar-refractivity contribution < 1.29 is 23.8 Å². The van der Waals surface area contributed by atoms with E-state index in [1.807, 2.05) is 48.5 Å². The first-order valence-corrected chi connectivity index (χ1v) is 11.0. The third-order valence-corrected chi connectivity index (χ3v) is 5.70. The first-order valence-electron chi connectivity index (χ1n) is 11.0. The fourth-order valence-corrected chi connectivity index (χ4v) is 3.99. The van der Waals surface area contributed by atoms with Crippen LogP contribution in [0, 0.1) is 0 Å². The van der Waals surface area contributed by atoms with Crippen molar-refractivity contribution in [2.24, 2.45) is 0 Å². The number of morpholine rings is 1. The van der Waals surface area contributed by atoms with E-state index in [-0.39, 0.29) is 18.4 Å². The molecule has 0 N–H and O–H groups in total. The smallest absolute Gasteiger partial charge is 0.265 e. The van der Waals surface area contributed by atoms with E-state index in [1.54, 1.807) is 40.1 Å². The predicted molar refractivity (Wildman–Crippen MR) is 123 cm³/mol. The lowest BCUT2D eigenvalue weighted by molar-refractivity contribution is -0.142. The monoisotopic (exact) mass is 444 g/mol. The number of amides is 2. The van der Waals surface area contributed by atoms with Gasteiger partial charge in [0.25, 0.3) is 11.8 Å². The summed E-state index contributed by atoms with van der Waals surface area (Å²) in [5.74, 6) is 1.56. The summed E-state index contributed by atoms with van der Waals surface area (Å²) in [7, 11) is 0. The van der Waals surface area contributed by atoms with Crippen molar-refractivity contribution in [3.05, 3.63) is 84.4 Å². The Bertz CT molecular complexity index is 1130. The maximum atomic E-state index is 13.5. The molecule has 0 radical (unpaired) electrons. The van der Waals surface area contributed by atoms with Crippen molar-refractivity contribution in [2.45, 2.75) is 6.10 Å². The number of ether oxygens (including phenoxy) is 3. The van der Waals surface area contributed by atoms with Crippen LogP contribution >= 0.6 is 0 Å². The molecule has 5 rings (SSSR count). The molecule has 2 amide bonds. The van der Waals surface area contributed by atoms with Crippen LogP contribution < -0.4 is 14.4 Å². The lowest BCUT2D eigenvalue weighted by Gasteiger charge is -2.37. The SMILES string of the molecule is O=C([C@H]1CN(C(=O)c2ccc(Oc3ccccc3)cc2)c2ccccc2O1)N1CCOCC1. The van der Waals surface area contributed by atoms with E-state index in [2.05, 4.69) is 0 Å². The number of para-hydroxylation sites is 3. The summed E-state index contributed by atoms with van der Waals surface area (Å²) < 4.78 is 17.2. The molecule has 7 heteroatoms. The fraction of sp³-hybridized carbons (Fsp3) is 0.231. The van der Waals surface area contributed by atoms with E-state index in [4.69, 9.17) is 14.2 Å². The molecule has 0 saturated carbocycles. The Hall–Kier alpha value is -3.84. The molecule has 1 atom stereocenters. The number of rotatable bonds is 4. The van der Waals surface area contributed by atoms with Gasteiger partial charge in [-0.3, -0.25) is 9.59 Å². The van der Waals surface area contributed by atoms with Gasteiger partial charge in [0.2, 0.25) is 0 Å². The Labute approximate surface area is 192 Å². The van der Waals surface area contributed by atoms with E-state index >= 15 is 0 Å². The minimum atomic E-state index is -0.761.